The van der Waals surface area contributed by atoms with Crippen molar-refractivity contribution in [1.82, 2.24) is 4.90 Å². The van der Waals surface area contributed by atoms with Gasteiger partial charge in [-0.15, -0.1) is 0 Å². The number of aliphatic hydroxyl groups is 3. The van der Waals surface area contributed by atoms with Crippen molar-refractivity contribution in [3.8, 4) is 11.8 Å². The van der Waals surface area contributed by atoms with Crippen LogP contribution in [0.1, 0.15) is 19.4 Å². The van der Waals surface area contributed by atoms with Gasteiger partial charge in [-0.25, -0.2) is 4.79 Å². The average Bonchev–Trinajstić information content (AvgIpc) is 2.82. The Morgan fingerprint density at radius 1 is 1.11 bits per heavy atom. The molecule has 0 radical (unpaired) electrons. The number of carbonyl (C=O) groups is 1. The summed E-state index contributed by atoms with van der Waals surface area (Å²) >= 11 is 0. The Morgan fingerprint density at radius 2 is 1.83 bits per heavy atom. The number of ether oxygens (including phenoxy) is 2. The third-order valence-electron chi connectivity index (χ3n) is 5.77. The molecular weight excluding hydrogens is 450 g/mol. The molecule has 5 unspecified atom stereocenters. The molecule has 2 aromatic carbocycles. The van der Waals surface area contributed by atoms with Crippen LogP contribution in [-0.2, 0) is 20.8 Å². The minimum absolute atomic E-state index is 0.0195. The number of aliphatic hydroxyl groups excluding tert-OH is 3. The molecule has 8 nitrogen and oxygen atoms in total. The number of carboxylic acid groups (broad SMARTS) is 1. The second kappa shape index (κ2) is 11.8. The monoisotopic (exact) mass is 483 g/mol. The molecule has 3 rings (SSSR count). The highest BCUT2D eigenvalue weighted by Crippen LogP contribution is 2.25. The average molecular weight is 484 g/mol. The molecule has 5 atom stereocenters. The van der Waals surface area contributed by atoms with Gasteiger partial charge in [0.25, 0.3) is 0 Å². The predicted molar refractivity (Wildman–Crippen MR) is 131 cm³/mol. The number of hydrogen-bond donors (Lipinski definition) is 4. The van der Waals surface area contributed by atoms with E-state index < -0.39 is 42.1 Å². The Hall–Kier alpha value is -2.77. The molecule has 0 amide bonds. The molecule has 188 valence electrons. The second-order valence-electron chi connectivity index (χ2n) is 9.44. The van der Waals surface area contributed by atoms with Gasteiger partial charge in [-0.1, -0.05) is 60.4 Å². The number of benzene rings is 2. The van der Waals surface area contributed by atoms with E-state index in [0.29, 0.717) is 6.54 Å². The molecule has 0 spiro atoms. The predicted octanol–water partition coefficient (Wildman–Crippen LogP) is 1.77. The number of allylic oxidation sites excluding steroid dienone is 1. The summed E-state index contributed by atoms with van der Waals surface area (Å²) in [7, 11) is 2.04. The van der Waals surface area contributed by atoms with Crippen LogP contribution in [0.15, 0.2) is 54.6 Å². The highest BCUT2D eigenvalue weighted by Gasteiger charge is 2.47. The topological polar surface area (TPSA) is 120 Å². The maximum atomic E-state index is 11.2. The number of fused-ring (bicyclic) bond motifs is 1. The van der Waals surface area contributed by atoms with Crippen LogP contribution < -0.4 is 0 Å². The molecule has 0 saturated carbocycles. The summed E-state index contributed by atoms with van der Waals surface area (Å²) in [5.41, 5.74) is 0.625. The van der Waals surface area contributed by atoms with Crippen LogP contribution in [0.5, 0.6) is 0 Å². The first-order valence-corrected chi connectivity index (χ1v) is 11.5. The molecule has 4 N–H and O–H groups in total. The van der Waals surface area contributed by atoms with Crippen LogP contribution in [0, 0.1) is 17.3 Å². The molecule has 1 fully saturated rings. The number of likely N-dealkylation sites (N-methyl/N-ethyl adjacent to an activating group) is 1. The lowest BCUT2D eigenvalue weighted by Crippen LogP contribution is -2.60. The zero-order valence-electron chi connectivity index (χ0n) is 20.2. The van der Waals surface area contributed by atoms with E-state index in [1.54, 1.807) is 6.08 Å². The summed E-state index contributed by atoms with van der Waals surface area (Å²) in [5.74, 6) is 4.61. The Labute approximate surface area is 205 Å². The van der Waals surface area contributed by atoms with Crippen molar-refractivity contribution in [3.63, 3.8) is 0 Å². The molecule has 8 heteroatoms. The van der Waals surface area contributed by atoms with E-state index in [1.165, 1.54) is 16.3 Å². The molecular formula is C27H33NO7. The van der Waals surface area contributed by atoms with E-state index in [1.807, 2.05) is 39.1 Å². The summed E-state index contributed by atoms with van der Waals surface area (Å²) < 4.78 is 10.6. The second-order valence-corrected chi connectivity index (χ2v) is 9.44. The molecule has 1 heterocycles. The number of rotatable bonds is 8. The van der Waals surface area contributed by atoms with Crippen molar-refractivity contribution < 1.29 is 34.7 Å². The minimum Gasteiger partial charge on any atom is -0.479 e. The van der Waals surface area contributed by atoms with Gasteiger partial charge in [0.15, 0.2) is 12.4 Å². The van der Waals surface area contributed by atoms with Crippen LogP contribution in [0.3, 0.4) is 0 Å². The van der Waals surface area contributed by atoms with Gasteiger partial charge in [0.2, 0.25) is 0 Å². The molecule has 1 aliphatic rings. The van der Waals surface area contributed by atoms with Crippen molar-refractivity contribution in [2.75, 3.05) is 20.2 Å². The quantitative estimate of drug-likeness (QED) is 0.420. The number of aliphatic carboxylic acids is 1. The summed E-state index contributed by atoms with van der Waals surface area (Å²) in [5, 5.41) is 41.3. The van der Waals surface area contributed by atoms with Crippen molar-refractivity contribution in [1.29, 1.82) is 0 Å². The number of nitrogens with zero attached hydrogens (tertiary/aromatic N) is 1. The van der Waals surface area contributed by atoms with Crippen molar-refractivity contribution in [2.24, 2.45) is 5.41 Å². The molecule has 2 aromatic rings. The summed E-state index contributed by atoms with van der Waals surface area (Å²) in [6, 6.07) is 14.6. The Morgan fingerprint density at radius 3 is 2.57 bits per heavy atom. The van der Waals surface area contributed by atoms with E-state index in [4.69, 9.17) is 14.6 Å². The zero-order valence-corrected chi connectivity index (χ0v) is 20.2. The highest BCUT2D eigenvalue weighted by molar-refractivity contribution is 5.85. The van der Waals surface area contributed by atoms with Crippen molar-refractivity contribution in [3.05, 3.63) is 60.2 Å². The molecule has 0 aliphatic carbocycles. The van der Waals surface area contributed by atoms with E-state index in [9.17, 15) is 20.1 Å². The molecule has 1 aliphatic heterocycles. The van der Waals surface area contributed by atoms with Crippen LogP contribution in [0.2, 0.25) is 0 Å². The lowest BCUT2D eigenvalue weighted by molar-refractivity contribution is -0.297. The van der Waals surface area contributed by atoms with Crippen molar-refractivity contribution in [2.45, 2.75) is 51.1 Å². The zero-order chi connectivity index (χ0) is 25.6. The van der Waals surface area contributed by atoms with Gasteiger partial charge in [0, 0.05) is 18.5 Å². The first-order valence-electron chi connectivity index (χ1n) is 11.5. The molecule has 0 bridgehead atoms. The van der Waals surface area contributed by atoms with Gasteiger partial charge < -0.3 is 29.9 Å². The largest absolute Gasteiger partial charge is 0.479 e. The van der Waals surface area contributed by atoms with Crippen molar-refractivity contribution >= 4 is 16.7 Å². The Kier molecular flexibility index (Phi) is 9.03. The third-order valence-corrected chi connectivity index (χ3v) is 5.77. The third kappa shape index (κ3) is 7.12. The van der Waals surface area contributed by atoms with E-state index >= 15 is 0 Å². The first kappa shape index (κ1) is 26.8. The van der Waals surface area contributed by atoms with Gasteiger partial charge in [-0.2, -0.15) is 0 Å². The smallest absolute Gasteiger partial charge is 0.335 e. The lowest BCUT2D eigenvalue weighted by atomic mass is 9.95. The Balaban J connectivity index is 1.50. The van der Waals surface area contributed by atoms with Crippen LogP contribution >= 0.6 is 0 Å². The van der Waals surface area contributed by atoms with Crippen LogP contribution in [-0.4, -0.2) is 82.2 Å². The SMILES string of the molecule is CN(CC=CC#CC(C)(C)COC1OC(C(=O)O)C(O)C(O)C1O)Cc1cccc2ccccc12. The molecule has 35 heavy (non-hydrogen) atoms. The van der Waals surface area contributed by atoms with E-state index in [0.717, 1.165) is 6.54 Å². The summed E-state index contributed by atoms with van der Waals surface area (Å²) in [6.07, 6.45) is -4.37. The van der Waals surface area contributed by atoms with Crippen LogP contribution in [0.4, 0.5) is 0 Å². The molecule has 0 aromatic heterocycles. The maximum absolute atomic E-state index is 11.2. The first-order chi connectivity index (χ1) is 16.6. The van der Waals surface area contributed by atoms with Gasteiger partial charge >= 0.3 is 5.97 Å². The minimum atomic E-state index is -1.75. The fourth-order valence-corrected chi connectivity index (χ4v) is 3.83. The van der Waals surface area contributed by atoms with Gasteiger partial charge in [-0.05, 0) is 43.3 Å². The van der Waals surface area contributed by atoms with Gasteiger partial charge in [0.1, 0.15) is 18.3 Å². The normalized spacial score (nSPS) is 25.1. The van der Waals surface area contributed by atoms with Gasteiger partial charge in [0.05, 0.1) is 6.61 Å². The summed E-state index contributed by atoms with van der Waals surface area (Å²) in [4.78, 5) is 13.4. The highest BCUT2D eigenvalue weighted by atomic mass is 16.7. The maximum Gasteiger partial charge on any atom is 0.335 e. The Bertz CT molecular complexity index is 1100. The fraction of sp³-hybridized carbons (Fsp3) is 0.444. The summed E-state index contributed by atoms with van der Waals surface area (Å²) in [6.45, 7) is 5.20. The number of hydrogen-bond acceptors (Lipinski definition) is 7. The fourth-order valence-electron chi connectivity index (χ4n) is 3.83. The number of carboxylic acids is 1. The molecule has 1 saturated heterocycles. The lowest BCUT2D eigenvalue weighted by Gasteiger charge is -2.39. The van der Waals surface area contributed by atoms with E-state index in [-0.39, 0.29) is 6.61 Å². The van der Waals surface area contributed by atoms with Gasteiger partial charge in [-0.3, -0.25) is 4.90 Å². The van der Waals surface area contributed by atoms with E-state index in [2.05, 4.69) is 47.1 Å². The standard InChI is InChI=1S/C27H33NO7/c1-27(2,17-34-26-23(31)21(29)22(30)24(35-26)25(32)33)14-7-4-8-15-28(3)16-19-12-9-11-18-10-5-6-13-20(18)19/h4-6,8-13,21-24,26,29-31H,15-17H2,1-3H3,(H,32,33). The van der Waals surface area contributed by atoms with Crippen LogP contribution in [0.25, 0.3) is 10.8 Å².